The van der Waals surface area contributed by atoms with Crippen LogP contribution < -0.4 is 5.32 Å². The molecule has 0 spiro atoms. The molecule has 3 rings (SSSR count). The molecule has 1 aromatic heterocycles. The SMILES string of the molecule is CNC1CCN(S(=O)(=O)c2nc3ccccc3s2)CC1.Cl. The molecule has 5 nitrogen and oxygen atoms in total. The van der Waals surface area contributed by atoms with E-state index in [4.69, 9.17) is 0 Å². The van der Waals surface area contributed by atoms with E-state index < -0.39 is 10.0 Å². The lowest BCUT2D eigenvalue weighted by Gasteiger charge is -2.30. The van der Waals surface area contributed by atoms with Crippen molar-refractivity contribution in [1.29, 1.82) is 0 Å². The molecular formula is C13H18ClN3O2S2. The van der Waals surface area contributed by atoms with E-state index in [1.807, 2.05) is 31.3 Å². The summed E-state index contributed by atoms with van der Waals surface area (Å²) in [6, 6.07) is 7.93. The maximum absolute atomic E-state index is 12.6. The van der Waals surface area contributed by atoms with Gasteiger partial charge in [-0.25, -0.2) is 13.4 Å². The number of piperidine rings is 1. The molecule has 1 saturated heterocycles. The van der Waals surface area contributed by atoms with Gasteiger partial charge in [0.05, 0.1) is 10.2 Å². The second-order valence-electron chi connectivity index (χ2n) is 4.91. The minimum absolute atomic E-state index is 0. The molecule has 116 valence electrons. The first kappa shape index (κ1) is 16.6. The monoisotopic (exact) mass is 347 g/mol. The third kappa shape index (κ3) is 3.22. The van der Waals surface area contributed by atoms with Crippen molar-refractivity contribution in [1.82, 2.24) is 14.6 Å². The fourth-order valence-corrected chi connectivity index (χ4v) is 5.29. The number of hydrogen-bond acceptors (Lipinski definition) is 5. The first-order chi connectivity index (χ1) is 9.61. The molecule has 0 saturated carbocycles. The fourth-order valence-electron chi connectivity index (χ4n) is 2.46. The summed E-state index contributed by atoms with van der Waals surface area (Å²) in [4.78, 5) is 4.27. The summed E-state index contributed by atoms with van der Waals surface area (Å²) in [5.74, 6) is 0. The Bertz CT molecular complexity index is 676. The third-order valence-corrected chi connectivity index (χ3v) is 6.99. The molecule has 0 bridgehead atoms. The van der Waals surface area contributed by atoms with Gasteiger partial charge in [0, 0.05) is 19.1 Å². The van der Waals surface area contributed by atoms with Crippen LogP contribution in [0.4, 0.5) is 0 Å². The molecule has 0 aliphatic carbocycles. The van der Waals surface area contributed by atoms with E-state index >= 15 is 0 Å². The topological polar surface area (TPSA) is 62.3 Å². The first-order valence-electron chi connectivity index (χ1n) is 6.64. The molecule has 1 aliphatic heterocycles. The minimum Gasteiger partial charge on any atom is -0.317 e. The van der Waals surface area contributed by atoms with Gasteiger partial charge in [0.1, 0.15) is 0 Å². The Hall–Kier alpha value is -0.730. The van der Waals surface area contributed by atoms with Crippen LogP contribution in [0.3, 0.4) is 0 Å². The summed E-state index contributed by atoms with van der Waals surface area (Å²) < 4.78 is 27.9. The van der Waals surface area contributed by atoms with Crippen molar-refractivity contribution in [2.75, 3.05) is 20.1 Å². The Balaban J connectivity index is 0.00000161. The maximum atomic E-state index is 12.6. The Labute approximate surface area is 134 Å². The van der Waals surface area contributed by atoms with Crippen molar-refractivity contribution in [3.8, 4) is 0 Å². The molecule has 0 radical (unpaired) electrons. The molecule has 2 heterocycles. The van der Waals surface area contributed by atoms with Crippen LogP contribution >= 0.6 is 23.7 Å². The van der Waals surface area contributed by atoms with E-state index in [1.54, 1.807) is 4.31 Å². The zero-order valence-electron chi connectivity index (χ0n) is 11.7. The molecule has 2 aromatic rings. The lowest BCUT2D eigenvalue weighted by Crippen LogP contribution is -2.43. The van der Waals surface area contributed by atoms with Crippen LogP contribution in [0, 0.1) is 0 Å². The number of nitrogens with zero attached hydrogens (tertiary/aromatic N) is 2. The number of fused-ring (bicyclic) bond motifs is 1. The second-order valence-corrected chi connectivity index (χ2v) is 8.06. The Morgan fingerprint density at radius 2 is 1.95 bits per heavy atom. The summed E-state index contributed by atoms with van der Waals surface area (Å²) in [6.45, 7) is 1.12. The average Bonchev–Trinajstić information content (AvgIpc) is 2.92. The van der Waals surface area contributed by atoms with Gasteiger partial charge in [0.2, 0.25) is 4.34 Å². The van der Waals surface area contributed by atoms with Crippen LogP contribution in [0.2, 0.25) is 0 Å². The molecule has 1 aromatic carbocycles. The van der Waals surface area contributed by atoms with Crippen LogP contribution in [0.1, 0.15) is 12.8 Å². The maximum Gasteiger partial charge on any atom is 0.270 e. The molecule has 8 heteroatoms. The Kier molecular flexibility index (Phi) is 5.21. The molecule has 1 N–H and O–H groups in total. The van der Waals surface area contributed by atoms with Gasteiger partial charge >= 0.3 is 0 Å². The van der Waals surface area contributed by atoms with Gasteiger partial charge in [-0.2, -0.15) is 4.31 Å². The average molecular weight is 348 g/mol. The van der Waals surface area contributed by atoms with Gasteiger partial charge in [-0.15, -0.1) is 23.7 Å². The van der Waals surface area contributed by atoms with Crippen molar-refractivity contribution >= 4 is 44.0 Å². The van der Waals surface area contributed by atoms with E-state index in [0.29, 0.717) is 19.1 Å². The zero-order valence-corrected chi connectivity index (χ0v) is 14.1. The number of nitrogens with one attached hydrogen (secondary N) is 1. The van der Waals surface area contributed by atoms with E-state index in [9.17, 15) is 8.42 Å². The highest BCUT2D eigenvalue weighted by atomic mass is 35.5. The Morgan fingerprint density at radius 1 is 1.29 bits per heavy atom. The smallest absolute Gasteiger partial charge is 0.270 e. The molecule has 21 heavy (non-hydrogen) atoms. The first-order valence-corrected chi connectivity index (χ1v) is 8.90. The largest absolute Gasteiger partial charge is 0.317 e. The summed E-state index contributed by atoms with van der Waals surface area (Å²) in [6.07, 6.45) is 1.70. The van der Waals surface area contributed by atoms with Gasteiger partial charge in [-0.3, -0.25) is 0 Å². The number of halogens is 1. The van der Waals surface area contributed by atoms with Crippen LogP contribution in [0.5, 0.6) is 0 Å². The number of thiazole rings is 1. The van der Waals surface area contributed by atoms with E-state index in [-0.39, 0.29) is 16.7 Å². The standard InChI is InChI=1S/C13H17N3O2S2.ClH/c1-14-10-6-8-16(9-7-10)20(17,18)13-15-11-4-2-3-5-12(11)19-13;/h2-5,10,14H,6-9H2,1H3;1H. The molecule has 0 amide bonds. The molecule has 1 fully saturated rings. The molecule has 0 atom stereocenters. The van der Waals surface area contributed by atoms with E-state index in [1.165, 1.54) is 11.3 Å². The van der Waals surface area contributed by atoms with Crippen LogP contribution in [-0.2, 0) is 10.0 Å². The van der Waals surface area contributed by atoms with Crippen LogP contribution in [0.25, 0.3) is 10.2 Å². The summed E-state index contributed by atoms with van der Waals surface area (Å²) in [5, 5.41) is 3.20. The molecule has 1 aliphatic rings. The fraction of sp³-hybridized carbons (Fsp3) is 0.462. The highest BCUT2D eigenvalue weighted by Gasteiger charge is 2.31. The summed E-state index contributed by atoms with van der Waals surface area (Å²) >= 11 is 1.25. The number of benzene rings is 1. The van der Waals surface area contributed by atoms with Gasteiger partial charge in [0.25, 0.3) is 10.0 Å². The van der Waals surface area contributed by atoms with Crippen LogP contribution in [0.15, 0.2) is 28.6 Å². The van der Waals surface area contributed by atoms with Crippen molar-refractivity contribution in [3.63, 3.8) is 0 Å². The molecule has 0 unspecified atom stereocenters. The van der Waals surface area contributed by atoms with Crippen molar-refractivity contribution in [2.45, 2.75) is 23.2 Å². The van der Waals surface area contributed by atoms with Gasteiger partial charge in [-0.05, 0) is 32.0 Å². The summed E-state index contributed by atoms with van der Waals surface area (Å²) in [7, 11) is -1.52. The van der Waals surface area contributed by atoms with Gasteiger partial charge in [0.15, 0.2) is 0 Å². The quantitative estimate of drug-likeness (QED) is 0.923. The third-order valence-electron chi connectivity index (χ3n) is 3.70. The lowest BCUT2D eigenvalue weighted by atomic mass is 10.1. The number of hydrogen-bond donors (Lipinski definition) is 1. The Morgan fingerprint density at radius 3 is 2.57 bits per heavy atom. The van der Waals surface area contributed by atoms with Crippen molar-refractivity contribution < 1.29 is 8.42 Å². The predicted molar refractivity (Wildman–Crippen MR) is 87.7 cm³/mol. The van der Waals surface area contributed by atoms with E-state index in [2.05, 4.69) is 10.3 Å². The predicted octanol–water partition coefficient (Wildman–Crippen LogP) is 2.09. The second kappa shape index (κ2) is 6.58. The van der Waals surface area contributed by atoms with Crippen LogP contribution in [-0.4, -0.2) is 43.9 Å². The van der Waals surface area contributed by atoms with E-state index in [0.717, 1.165) is 23.1 Å². The number of rotatable bonds is 3. The number of aromatic nitrogens is 1. The zero-order chi connectivity index (χ0) is 14.2. The molecular weight excluding hydrogens is 330 g/mol. The number of para-hydroxylation sites is 1. The lowest BCUT2D eigenvalue weighted by molar-refractivity contribution is 0.298. The number of sulfonamides is 1. The van der Waals surface area contributed by atoms with Crippen molar-refractivity contribution in [3.05, 3.63) is 24.3 Å². The normalized spacial score (nSPS) is 17.8. The van der Waals surface area contributed by atoms with Gasteiger partial charge in [-0.1, -0.05) is 12.1 Å². The highest BCUT2D eigenvalue weighted by Crippen LogP contribution is 2.28. The summed E-state index contributed by atoms with van der Waals surface area (Å²) in [5.41, 5.74) is 0.751. The minimum atomic E-state index is -3.44. The highest BCUT2D eigenvalue weighted by molar-refractivity contribution is 7.91. The van der Waals surface area contributed by atoms with Crippen molar-refractivity contribution in [2.24, 2.45) is 0 Å². The van der Waals surface area contributed by atoms with Gasteiger partial charge < -0.3 is 5.32 Å².